The van der Waals surface area contributed by atoms with Gasteiger partial charge in [0, 0.05) is 11.3 Å². The summed E-state index contributed by atoms with van der Waals surface area (Å²) in [7, 11) is 0. The van der Waals surface area contributed by atoms with E-state index in [2.05, 4.69) is 15.5 Å². The molecule has 0 unspecified atom stereocenters. The van der Waals surface area contributed by atoms with Crippen LogP contribution in [-0.4, -0.2) is 20.2 Å². The number of aryl methyl sites for hydroxylation is 1. The van der Waals surface area contributed by atoms with Crippen LogP contribution in [0.1, 0.15) is 11.1 Å². The van der Waals surface area contributed by atoms with E-state index in [1.807, 2.05) is 19.1 Å². The van der Waals surface area contributed by atoms with Crippen molar-refractivity contribution in [2.75, 3.05) is 0 Å². The summed E-state index contributed by atoms with van der Waals surface area (Å²) >= 11 is 0.753. The van der Waals surface area contributed by atoms with Crippen molar-refractivity contribution < 1.29 is 22.0 Å². The highest BCUT2D eigenvalue weighted by Crippen LogP contribution is 2.29. The van der Waals surface area contributed by atoms with E-state index in [9.17, 15) is 22.0 Å². The van der Waals surface area contributed by atoms with E-state index in [1.54, 1.807) is 12.1 Å². The summed E-state index contributed by atoms with van der Waals surface area (Å²) < 4.78 is 68.3. The van der Waals surface area contributed by atoms with E-state index >= 15 is 0 Å². The fourth-order valence-corrected chi connectivity index (χ4v) is 3.01. The van der Waals surface area contributed by atoms with Crippen LogP contribution in [0.5, 0.6) is 0 Å². The summed E-state index contributed by atoms with van der Waals surface area (Å²) in [5.74, 6) is -10.4. The number of hydrogen-bond donors (Lipinski definition) is 0. The van der Waals surface area contributed by atoms with Gasteiger partial charge < -0.3 is 0 Å². The van der Waals surface area contributed by atoms with Crippen LogP contribution in [0.4, 0.5) is 22.0 Å². The molecule has 3 rings (SSSR count). The van der Waals surface area contributed by atoms with Crippen molar-refractivity contribution in [1.29, 1.82) is 0 Å². The third-order valence-corrected chi connectivity index (χ3v) is 4.38. The van der Waals surface area contributed by atoms with Crippen molar-refractivity contribution in [2.24, 2.45) is 0 Å². The Bertz CT molecular complexity index is 915. The zero-order valence-corrected chi connectivity index (χ0v) is 13.4. The highest BCUT2D eigenvalue weighted by molar-refractivity contribution is 7.98. The number of aromatic nitrogens is 4. The zero-order valence-electron chi connectivity index (χ0n) is 12.6. The summed E-state index contributed by atoms with van der Waals surface area (Å²) in [6.07, 6.45) is 0. The molecule has 0 N–H and O–H groups in total. The number of nitrogens with zero attached hydrogens (tertiary/aromatic N) is 4. The van der Waals surface area contributed by atoms with E-state index in [0.717, 1.165) is 17.3 Å². The standard InChI is InChI=1S/C15H9F5N4S/c1-7-4-2-3-5-9(7)24-15(21-22-23-24)25-6-8-10(16)12(18)14(20)13(19)11(8)17/h2-5H,6H2,1H3. The predicted octanol–water partition coefficient (Wildman–Crippen LogP) is 3.96. The number of para-hydroxylation sites is 1. The highest BCUT2D eigenvalue weighted by Gasteiger charge is 2.26. The molecule has 130 valence electrons. The zero-order chi connectivity index (χ0) is 18.1. The first-order chi connectivity index (χ1) is 11.9. The Labute approximate surface area is 142 Å². The lowest BCUT2D eigenvalue weighted by molar-refractivity contribution is 0.372. The van der Waals surface area contributed by atoms with Crippen molar-refractivity contribution in [1.82, 2.24) is 20.2 Å². The van der Waals surface area contributed by atoms with Crippen molar-refractivity contribution in [3.05, 3.63) is 64.5 Å². The average Bonchev–Trinajstić information content (AvgIpc) is 3.07. The van der Waals surface area contributed by atoms with Crippen LogP contribution in [0.25, 0.3) is 5.69 Å². The molecule has 3 aromatic rings. The Morgan fingerprint density at radius 1 is 0.920 bits per heavy atom. The van der Waals surface area contributed by atoms with Gasteiger partial charge in [-0.3, -0.25) is 0 Å². The molecule has 25 heavy (non-hydrogen) atoms. The molecule has 0 atom stereocenters. The van der Waals surface area contributed by atoms with Crippen LogP contribution in [0.2, 0.25) is 0 Å². The molecular formula is C15H9F5N4S. The van der Waals surface area contributed by atoms with Gasteiger partial charge in [-0.05, 0) is 29.0 Å². The molecule has 0 fully saturated rings. The topological polar surface area (TPSA) is 43.6 Å². The minimum absolute atomic E-state index is 0.151. The summed E-state index contributed by atoms with van der Waals surface area (Å²) in [5, 5.41) is 11.2. The van der Waals surface area contributed by atoms with Gasteiger partial charge in [0.2, 0.25) is 11.0 Å². The van der Waals surface area contributed by atoms with Gasteiger partial charge in [0.05, 0.1) is 5.69 Å². The predicted molar refractivity (Wildman–Crippen MR) is 79.7 cm³/mol. The Balaban J connectivity index is 1.93. The minimum Gasteiger partial charge on any atom is -0.203 e. The molecular weight excluding hydrogens is 363 g/mol. The molecule has 0 saturated heterocycles. The number of thioether (sulfide) groups is 1. The monoisotopic (exact) mass is 372 g/mol. The molecule has 0 bridgehead atoms. The maximum atomic E-state index is 13.7. The minimum atomic E-state index is -2.19. The first kappa shape index (κ1) is 17.3. The molecule has 4 nitrogen and oxygen atoms in total. The number of benzene rings is 2. The molecule has 0 aliphatic rings. The Morgan fingerprint density at radius 3 is 2.16 bits per heavy atom. The Kier molecular flexibility index (Phi) is 4.71. The van der Waals surface area contributed by atoms with Gasteiger partial charge in [0.15, 0.2) is 23.3 Å². The highest BCUT2D eigenvalue weighted by atomic mass is 32.2. The summed E-state index contributed by atoms with van der Waals surface area (Å²) in [5.41, 5.74) is 0.543. The van der Waals surface area contributed by atoms with E-state index in [-0.39, 0.29) is 5.16 Å². The van der Waals surface area contributed by atoms with Crippen LogP contribution in [0, 0.1) is 36.0 Å². The second-order valence-corrected chi connectivity index (χ2v) is 5.94. The maximum absolute atomic E-state index is 13.7. The van der Waals surface area contributed by atoms with Crippen LogP contribution < -0.4 is 0 Å². The lowest BCUT2D eigenvalue weighted by atomic mass is 10.2. The largest absolute Gasteiger partial charge is 0.214 e. The van der Waals surface area contributed by atoms with Gasteiger partial charge >= 0.3 is 0 Å². The molecule has 0 radical (unpaired) electrons. The average molecular weight is 372 g/mol. The second kappa shape index (κ2) is 6.79. The normalized spacial score (nSPS) is 11.1. The number of tetrazole rings is 1. The van der Waals surface area contributed by atoms with Gasteiger partial charge in [-0.25, -0.2) is 22.0 Å². The van der Waals surface area contributed by atoms with Crippen molar-refractivity contribution in [3.8, 4) is 5.69 Å². The maximum Gasteiger partial charge on any atom is 0.214 e. The SMILES string of the molecule is Cc1ccccc1-n1nnnc1SCc1c(F)c(F)c(F)c(F)c1F. The molecule has 0 saturated carbocycles. The second-order valence-electron chi connectivity index (χ2n) is 5.00. The van der Waals surface area contributed by atoms with Gasteiger partial charge in [0.25, 0.3) is 0 Å². The molecule has 1 aromatic heterocycles. The lowest BCUT2D eigenvalue weighted by Crippen LogP contribution is -2.07. The van der Waals surface area contributed by atoms with Crippen LogP contribution in [-0.2, 0) is 5.75 Å². The van der Waals surface area contributed by atoms with Gasteiger partial charge in [-0.15, -0.1) is 5.10 Å². The van der Waals surface area contributed by atoms with Gasteiger partial charge in [-0.1, -0.05) is 30.0 Å². The fourth-order valence-electron chi connectivity index (χ4n) is 2.13. The third-order valence-electron chi connectivity index (χ3n) is 3.43. The van der Waals surface area contributed by atoms with Crippen molar-refractivity contribution in [3.63, 3.8) is 0 Å². The van der Waals surface area contributed by atoms with Crippen LogP contribution in [0.15, 0.2) is 29.4 Å². The van der Waals surface area contributed by atoms with E-state index in [0.29, 0.717) is 5.69 Å². The number of rotatable bonds is 4. The van der Waals surface area contributed by atoms with Crippen LogP contribution in [0.3, 0.4) is 0 Å². The first-order valence-electron chi connectivity index (χ1n) is 6.89. The summed E-state index contributed by atoms with van der Waals surface area (Å²) in [6, 6.07) is 7.11. The van der Waals surface area contributed by atoms with Gasteiger partial charge in [-0.2, -0.15) is 4.68 Å². The quantitative estimate of drug-likeness (QED) is 0.301. The fraction of sp³-hybridized carbons (Fsp3) is 0.133. The van der Waals surface area contributed by atoms with Crippen molar-refractivity contribution >= 4 is 11.8 Å². The van der Waals surface area contributed by atoms with Crippen LogP contribution >= 0.6 is 11.8 Å². The lowest BCUT2D eigenvalue weighted by Gasteiger charge is -2.09. The number of halogens is 5. The molecule has 0 aliphatic heterocycles. The molecule has 0 spiro atoms. The first-order valence-corrected chi connectivity index (χ1v) is 7.88. The molecule has 0 aliphatic carbocycles. The number of hydrogen-bond acceptors (Lipinski definition) is 4. The van der Waals surface area contributed by atoms with E-state index in [4.69, 9.17) is 0 Å². The van der Waals surface area contributed by atoms with E-state index < -0.39 is 40.4 Å². The smallest absolute Gasteiger partial charge is 0.203 e. The Hall–Kier alpha value is -2.49. The molecule has 0 amide bonds. The molecule has 10 heteroatoms. The van der Waals surface area contributed by atoms with E-state index in [1.165, 1.54) is 4.68 Å². The van der Waals surface area contributed by atoms with Crippen molar-refractivity contribution in [2.45, 2.75) is 17.8 Å². The third kappa shape index (κ3) is 3.09. The van der Waals surface area contributed by atoms with Gasteiger partial charge in [0.1, 0.15) is 0 Å². The molecule has 2 aromatic carbocycles. The summed E-state index contributed by atoms with van der Waals surface area (Å²) in [4.78, 5) is 0. The summed E-state index contributed by atoms with van der Waals surface area (Å²) in [6.45, 7) is 1.82. The Morgan fingerprint density at radius 2 is 1.52 bits per heavy atom. The molecule has 1 heterocycles.